The number of benzene rings is 1. The second-order valence-corrected chi connectivity index (χ2v) is 5.61. The van der Waals surface area contributed by atoms with Crippen LogP contribution in [0.2, 0.25) is 0 Å². The van der Waals surface area contributed by atoms with Crippen LogP contribution in [0.4, 0.5) is 4.79 Å². The van der Waals surface area contributed by atoms with Crippen LogP contribution in [-0.2, 0) is 27.4 Å². The van der Waals surface area contributed by atoms with Gasteiger partial charge in [0.05, 0.1) is 6.33 Å². The van der Waals surface area contributed by atoms with Gasteiger partial charge in [0, 0.05) is 18.3 Å². The molecule has 0 saturated heterocycles. The molecule has 2 aromatic rings. The van der Waals surface area contributed by atoms with Crippen LogP contribution in [0.1, 0.15) is 18.2 Å². The summed E-state index contributed by atoms with van der Waals surface area (Å²) in [5.74, 6) is -1.82. The summed E-state index contributed by atoms with van der Waals surface area (Å²) < 4.78 is 5.03. The highest BCUT2D eigenvalue weighted by Gasteiger charge is 2.24. The Morgan fingerprint density at radius 3 is 2.58 bits per heavy atom. The van der Waals surface area contributed by atoms with Gasteiger partial charge in [-0.3, -0.25) is 4.79 Å². The van der Waals surface area contributed by atoms with Gasteiger partial charge in [0.25, 0.3) is 0 Å². The Labute approximate surface area is 149 Å². The number of alkyl carbamates (subject to hydrolysis) is 1. The van der Waals surface area contributed by atoms with E-state index in [4.69, 9.17) is 4.74 Å². The van der Waals surface area contributed by atoms with E-state index < -0.39 is 30.1 Å². The fraction of sp³-hybridized carbons (Fsp3) is 0.294. The third kappa shape index (κ3) is 5.93. The van der Waals surface area contributed by atoms with E-state index in [1.807, 2.05) is 18.2 Å². The largest absolute Gasteiger partial charge is 0.480 e. The molecule has 0 saturated carbocycles. The van der Waals surface area contributed by atoms with E-state index in [0.717, 1.165) is 5.56 Å². The second kappa shape index (κ2) is 9.21. The Morgan fingerprint density at radius 2 is 1.96 bits per heavy atom. The van der Waals surface area contributed by atoms with Gasteiger partial charge in [-0.2, -0.15) is 0 Å². The van der Waals surface area contributed by atoms with Gasteiger partial charge in [-0.1, -0.05) is 30.3 Å². The molecular formula is C17H20N4O5. The number of H-pyrrole nitrogens is 1. The number of hydrogen-bond acceptors (Lipinski definition) is 5. The average Bonchev–Trinajstić information content (AvgIpc) is 3.13. The number of nitrogens with one attached hydrogen (secondary N) is 3. The Balaban J connectivity index is 1.81. The first-order valence-electron chi connectivity index (χ1n) is 7.93. The van der Waals surface area contributed by atoms with Gasteiger partial charge in [0.2, 0.25) is 5.91 Å². The van der Waals surface area contributed by atoms with E-state index in [0.29, 0.717) is 5.69 Å². The number of ether oxygens (including phenoxy) is 1. The molecule has 1 aromatic heterocycles. The maximum Gasteiger partial charge on any atom is 0.408 e. The van der Waals surface area contributed by atoms with Crippen LogP contribution in [0.3, 0.4) is 0 Å². The quantitative estimate of drug-likeness (QED) is 0.551. The zero-order chi connectivity index (χ0) is 18.9. The van der Waals surface area contributed by atoms with E-state index >= 15 is 0 Å². The fourth-order valence-corrected chi connectivity index (χ4v) is 2.12. The van der Waals surface area contributed by atoms with Crippen molar-refractivity contribution in [2.24, 2.45) is 0 Å². The van der Waals surface area contributed by atoms with Crippen molar-refractivity contribution >= 4 is 18.0 Å². The maximum atomic E-state index is 12.1. The van der Waals surface area contributed by atoms with Crippen LogP contribution in [-0.4, -0.2) is 45.1 Å². The number of carbonyl (C=O) groups excluding carboxylic acids is 2. The molecule has 1 aromatic carbocycles. The van der Waals surface area contributed by atoms with Crippen LogP contribution in [0.25, 0.3) is 0 Å². The molecule has 4 N–H and O–H groups in total. The minimum absolute atomic E-state index is 0.0479. The standard InChI is InChI=1S/C17H20N4O5/c1-11(20-17(25)26-9-12-5-3-2-4-6-12)15(22)21-14(16(23)24)7-13-8-18-10-19-13/h2-6,8,10-11,14H,7,9H2,1H3,(H,18,19)(H,20,25)(H,21,22)(H,23,24)/t11-,14-/m0/s1. The molecule has 0 unspecified atom stereocenters. The summed E-state index contributed by atoms with van der Waals surface area (Å²) in [5.41, 5.74) is 1.38. The van der Waals surface area contributed by atoms with Gasteiger partial charge < -0.3 is 25.5 Å². The Hall–Kier alpha value is -3.36. The molecular weight excluding hydrogens is 340 g/mol. The Bertz CT molecular complexity index is 733. The SMILES string of the molecule is C[C@H](NC(=O)OCc1ccccc1)C(=O)N[C@@H](Cc1cnc[nH]1)C(=O)O. The number of hydrogen-bond donors (Lipinski definition) is 4. The molecule has 0 fully saturated rings. The van der Waals surface area contributed by atoms with Crippen molar-refractivity contribution in [3.63, 3.8) is 0 Å². The molecule has 0 aliphatic carbocycles. The summed E-state index contributed by atoms with van der Waals surface area (Å²) in [4.78, 5) is 41.8. The molecule has 0 bridgehead atoms. The minimum Gasteiger partial charge on any atom is -0.480 e. The fourth-order valence-electron chi connectivity index (χ4n) is 2.12. The number of carbonyl (C=O) groups is 3. The van der Waals surface area contributed by atoms with E-state index in [-0.39, 0.29) is 13.0 Å². The molecule has 0 aliphatic rings. The second-order valence-electron chi connectivity index (χ2n) is 5.61. The lowest BCUT2D eigenvalue weighted by Crippen LogP contribution is -2.51. The highest BCUT2D eigenvalue weighted by atomic mass is 16.5. The van der Waals surface area contributed by atoms with E-state index in [9.17, 15) is 19.5 Å². The van der Waals surface area contributed by atoms with Crippen molar-refractivity contribution in [1.29, 1.82) is 0 Å². The number of rotatable bonds is 8. The topological polar surface area (TPSA) is 133 Å². The third-order valence-electron chi connectivity index (χ3n) is 3.53. The normalized spacial score (nSPS) is 12.7. The monoisotopic (exact) mass is 360 g/mol. The van der Waals surface area contributed by atoms with Crippen LogP contribution in [0.15, 0.2) is 42.9 Å². The van der Waals surface area contributed by atoms with Crippen molar-refractivity contribution in [2.75, 3.05) is 0 Å². The predicted molar refractivity (Wildman–Crippen MR) is 91.1 cm³/mol. The molecule has 138 valence electrons. The summed E-state index contributed by atoms with van der Waals surface area (Å²) in [7, 11) is 0. The number of aliphatic carboxylic acids is 1. The van der Waals surface area contributed by atoms with Gasteiger partial charge >= 0.3 is 12.1 Å². The molecule has 9 nitrogen and oxygen atoms in total. The van der Waals surface area contributed by atoms with Gasteiger partial charge in [0.1, 0.15) is 18.7 Å². The van der Waals surface area contributed by atoms with E-state index in [2.05, 4.69) is 20.6 Å². The zero-order valence-corrected chi connectivity index (χ0v) is 14.1. The van der Waals surface area contributed by atoms with E-state index in [1.54, 1.807) is 12.1 Å². The summed E-state index contributed by atoms with van der Waals surface area (Å²) in [5, 5.41) is 14.0. The summed E-state index contributed by atoms with van der Waals surface area (Å²) >= 11 is 0. The number of nitrogens with zero attached hydrogens (tertiary/aromatic N) is 1. The van der Waals surface area contributed by atoms with Gasteiger partial charge in [0.15, 0.2) is 0 Å². The molecule has 9 heteroatoms. The highest BCUT2D eigenvalue weighted by Crippen LogP contribution is 2.02. The number of amides is 2. The number of imidazole rings is 1. The Morgan fingerprint density at radius 1 is 1.23 bits per heavy atom. The number of carboxylic acids is 1. The van der Waals surface area contributed by atoms with Crippen LogP contribution in [0, 0.1) is 0 Å². The molecule has 2 rings (SSSR count). The first-order valence-corrected chi connectivity index (χ1v) is 7.93. The smallest absolute Gasteiger partial charge is 0.408 e. The van der Waals surface area contributed by atoms with Gasteiger partial charge in [-0.05, 0) is 12.5 Å². The predicted octanol–water partition coefficient (Wildman–Crippen LogP) is 0.836. The molecule has 0 spiro atoms. The average molecular weight is 360 g/mol. The molecule has 1 heterocycles. The van der Waals surface area contributed by atoms with Crippen LogP contribution in [0.5, 0.6) is 0 Å². The first-order chi connectivity index (χ1) is 12.5. The molecule has 2 atom stereocenters. The maximum absolute atomic E-state index is 12.1. The summed E-state index contributed by atoms with van der Waals surface area (Å²) in [6, 6.07) is 6.98. The minimum atomic E-state index is -1.19. The van der Waals surface area contributed by atoms with E-state index in [1.165, 1.54) is 19.4 Å². The van der Waals surface area contributed by atoms with Crippen molar-refractivity contribution in [3.05, 3.63) is 54.1 Å². The molecule has 0 radical (unpaired) electrons. The lowest BCUT2D eigenvalue weighted by atomic mass is 10.1. The first kappa shape index (κ1) is 19.0. The van der Waals surface area contributed by atoms with Crippen molar-refractivity contribution in [3.8, 4) is 0 Å². The summed E-state index contributed by atoms with van der Waals surface area (Å²) in [6.45, 7) is 1.51. The van der Waals surface area contributed by atoms with Crippen molar-refractivity contribution in [1.82, 2.24) is 20.6 Å². The number of aromatic amines is 1. The van der Waals surface area contributed by atoms with Gasteiger partial charge in [-0.15, -0.1) is 0 Å². The van der Waals surface area contributed by atoms with Crippen molar-refractivity contribution < 1.29 is 24.2 Å². The third-order valence-corrected chi connectivity index (χ3v) is 3.53. The lowest BCUT2D eigenvalue weighted by molar-refractivity contribution is -0.142. The Kier molecular flexibility index (Phi) is 6.72. The molecule has 0 aliphatic heterocycles. The number of carboxylic acid groups (broad SMARTS) is 1. The zero-order valence-electron chi connectivity index (χ0n) is 14.1. The van der Waals surface area contributed by atoms with Gasteiger partial charge in [-0.25, -0.2) is 14.6 Å². The number of aromatic nitrogens is 2. The van der Waals surface area contributed by atoms with Crippen LogP contribution < -0.4 is 10.6 Å². The highest BCUT2D eigenvalue weighted by molar-refractivity contribution is 5.89. The van der Waals surface area contributed by atoms with Crippen LogP contribution >= 0.6 is 0 Å². The molecule has 26 heavy (non-hydrogen) atoms. The molecule has 2 amide bonds. The van der Waals surface area contributed by atoms with Crippen molar-refractivity contribution in [2.45, 2.75) is 32.0 Å². The summed E-state index contributed by atoms with van der Waals surface area (Å²) in [6.07, 6.45) is 2.18. The lowest BCUT2D eigenvalue weighted by Gasteiger charge is -2.18.